The molecule has 10 heteroatoms. The largest absolute Gasteiger partial charge is 0.367 e. The van der Waals surface area contributed by atoms with Crippen LogP contribution in [0.15, 0.2) is 42.6 Å². The summed E-state index contributed by atoms with van der Waals surface area (Å²) in [6.45, 7) is 4.67. The number of benzene rings is 1. The Morgan fingerprint density at radius 3 is 2.50 bits per heavy atom. The third-order valence-corrected chi connectivity index (χ3v) is 8.30. The first-order valence-electron chi connectivity index (χ1n) is 14.9. The second-order valence-corrected chi connectivity index (χ2v) is 11.9. The van der Waals surface area contributed by atoms with Crippen LogP contribution in [0.4, 0.5) is 17.5 Å². The zero-order chi connectivity index (χ0) is 30.2. The van der Waals surface area contributed by atoms with Gasteiger partial charge in [0, 0.05) is 49.2 Å². The summed E-state index contributed by atoms with van der Waals surface area (Å²) in [6.07, 6.45) is 11.4. The third-order valence-electron chi connectivity index (χ3n) is 8.30. The maximum atomic E-state index is 13.1. The van der Waals surface area contributed by atoms with Gasteiger partial charge in [-0.2, -0.15) is 10.2 Å². The third kappa shape index (κ3) is 8.52. The molecule has 2 amide bonds. The number of carbonyl (C=O) groups excluding carboxylic acids is 2. The van der Waals surface area contributed by atoms with Crippen molar-refractivity contribution in [1.29, 1.82) is 5.26 Å². The summed E-state index contributed by atoms with van der Waals surface area (Å²) in [6, 6.07) is 9.30. The van der Waals surface area contributed by atoms with Crippen molar-refractivity contribution in [3.05, 3.63) is 53.7 Å². The van der Waals surface area contributed by atoms with E-state index in [0.29, 0.717) is 30.0 Å². The number of aromatic nitrogens is 2. The van der Waals surface area contributed by atoms with Crippen LogP contribution in [0.25, 0.3) is 0 Å². The molecular weight excluding hydrogens is 528 g/mol. The van der Waals surface area contributed by atoms with Gasteiger partial charge in [0.05, 0.1) is 11.6 Å². The number of rotatable bonds is 12. The maximum absolute atomic E-state index is 13.1. The molecule has 1 aromatic carbocycles. The van der Waals surface area contributed by atoms with Gasteiger partial charge in [-0.1, -0.05) is 19.4 Å². The zero-order valence-corrected chi connectivity index (χ0v) is 25.4. The molecule has 2 fully saturated rings. The lowest BCUT2D eigenvalue weighted by Crippen LogP contribution is -2.49. The Balaban J connectivity index is 1.39. The fourth-order valence-corrected chi connectivity index (χ4v) is 5.32. The van der Waals surface area contributed by atoms with Crippen LogP contribution >= 0.6 is 0 Å². The summed E-state index contributed by atoms with van der Waals surface area (Å²) in [5.74, 6) is 1.65. The van der Waals surface area contributed by atoms with Crippen molar-refractivity contribution in [1.82, 2.24) is 25.1 Å². The van der Waals surface area contributed by atoms with Gasteiger partial charge in [0.2, 0.25) is 17.8 Å². The molecule has 4 rings (SSSR count). The van der Waals surface area contributed by atoms with Crippen LogP contribution in [-0.2, 0) is 9.59 Å². The van der Waals surface area contributed by atoms with Gasteiger partial charge in [-0.25, -0.2) is 4.98 Å². The standard InChI is InChI=1S/C32H44N8O2/c1-21(24-8-6-9-27(18-24)36-31(42)22(2)40(5)29(41)10-7-17-39(3)4)28-20-34-32(38-30(28)35-25-15-16-25)37-26-13-11-23(19-33)12-14-26/h7,10-14,20-22,24-25,27H,6,8-9,15-18H2,1-5H3,(H,36,42)(H2,34,35,37,38)/b10-7+/t21?,22-,24+,27-/m0/s1. The summed E-state index contributed by atoms with van der Waals surface area (Å²) in [7, 11) is 5.55. The predicted octanol–water partition coefficient (Wildman–Crippen LogP) is 4.41. The Labute approximate surface area is 249 Å². The zero-order valence-electron chi connectivity index (χ0n) is 25.4. The SMILES string of the molecule is CC(c1cnc(Nc2ccc(C#N)cc2)nc1NC1CC1)[C@@H]1CCC[C@H](NC(=O)[C@H](C)N(C)C(=O)/C=C/CN(C)C)C1. The molecule has 2 saturated carbocycles. The van der Waals surface area contributed by atoms with Crippen molar-refractivity contribution in [2.75, 3.05) is 38.3 Å². The van der Waals surface area contributed by atoms with Crippen LogP contribution in [-0.4, -0.2) is 77.4 Å². The number of carbonyl (C=O) groups is 2. The van der Waals surface area contributed by atoms with Crippen molar-refractivity contribution in [2.24, 2.45) is 5.92 Å². The van der Waals surface area contributed by atoms with Crippen molar-refractivity contribution in [3.8, 4) is 6.07 Å². The quantitative estimate of drug-likeness (QED) is 0.319. The number of nitrogens with one attached hydrogen (secondary N) is 3. The van der Waals surface area contributed by atoms with Crippen LogP contribution in [0.5, 0.6) is 0 Å². The van der Waals surface area contributed by atoms with Crippen molar-refractivity contribution in [2.45, 2.75) is 76.4 Å². The molecule has 1 aromatic heterocycles. The molecule has 4 atom stereocenters. The van der Waals surface area contributed by atoms with Crippen LogP contribution < -0.4 is 16.0 Å². The number of nitrogens with zero attached hydrogens (tertiary/aromatic N) is 5. The molecule has 0 aliphatic heterocycles. The normalized spacial score (nSPS) is 20.0. The highest BCUT2D eigenvalue weighted by atomic mass is 16.2. The topological polar surface area (TPSA) is 126 Å². The van der Waals surface area contributed by atoms with Gasteiger partial charge in [0.15, 0.2) is 0 Å². The highest BCUT2D eigenvalue weighted by Gasteiger charge is 2.32. The first-order valence-corrected chi connectivity index (χ1v) is 14.9. The number of likely N-dealkylation sites (N-methyl/N-ethyl adjacent to an activating group) is 2. The van der Waals surface area contributed by atoms with Gasteiger partial charge in [-0.15, -0.1) is 0 Å². The second kappa shape index (κ2) is 14.3. The molecule has 1 unspecified atom stereocenters. The molecule has 42 heavy (non-hydrogen) atoms. The molecule has 2 aromatic rings. The van der Waals surface area contributed by atoms with Crippen LogP contribution in [0.1, 0.15) is 69.4 Å². The molecule has 1 heterocycles. The van der Waals surface area contributed by atoms with E-state index in [1.165, 1.54) is 11.0 Å². The summed E-state index contributed by atoms with van der Waals surface area (Å²) < 4.78 is 0. The molecule has 2 aliphatic carbocycles. The van der Waals surface area contributed by atoms with Gasteiger partial charge in [-0.05, 0) is 89.2 Å². The summed E-state index contributed by atoms with van der Waals surface area (Å²) in [4.78, 5) is 38.6. The fourth-order valence-electron chi connectivity index (χ4n) is 5.32. The highest BCUT2D eigenvalue weighted by molar-refractivity contribution is 5.92. The van der Waals surface area contributed by atoms with Gasteiger partial charge < -0.3 is 25.8 Å². The minimum Gasteiger partial charge on any atom is -0.367 e. The van der Waals surface area contributed by atoms with E-state index in [4.69, 9.17) is 10.2 Å². The lowest BCUT2D eigenvalue weighted by molar-refractivity contribution is -0.135. The van der Waals surface area contributed by atoms with E-state index in [-0.39, 0.29) is 23.8 Å². The van der Waals surface area contributed by atoms with Crippen LogP contribution in [0.3, 0.4) is 0 Å². The summed E-state index contributed by atoms with van der Waals surface area (Å²) >= 11 is 0. The Hall–Kier alpha value is -3.97. The molecule has 2 aliphatic rings. The first kappa shape index (κ1) is 31.0. The number of anilines is 3. The molecule has 3 N–H and O–H groups in total. The van der Waals surface area contributed by atoms with E-state index in [1.54, 1.807) is 26.1 Å². The Bertz CT molecular complexity index is 1300. The van der Waals surface area contributed by atoms with E-state index in [9.17, 15) is 9.59 Å². The summed E-state index contributed by atoms with van der Waals surface area (Å²) in [5, 5.41) is 19.1. The molecular formula is C32H44N8O2. The van der Waals surface area contributed by atoms with Gasteiger partial charge >= 0.3 is 0 Å². The van der Waals surface area contributed by atoms with Gasteiger partial charge in [-0.3, -0.25) is 9.59 Å². The monoisotopic (exact) mass is 572 g/mol. The van der Waals surface area contributed by atoms with E-state index in [1.807, 2.05) is 43.4 Å². The van der Waals surface area contributed by atoms with Crippen molar-refractivity contribution in [3.63, 3.8) is 0 Å². The molecule has 0 saturated heterocycles. The lowest BCUT2D eigenvalue weighted by Gasteiger charge is -2.35. The van der Waals surface area contributed by atoms with Crippen LogP contribution in [0, 0.1) is 17.2 Å². The number of nitriles is 1. The Kier molecular flexibility index (Phi) is 10.5. The predicted molar refractivity (Wildman–Crippen MR) is 165 cm³/mol. The maximum Gasteiger partial charge on any atom is 0.246 e. The molecule has 0 bridgehead atoms. The molecule has 0 radical (unpaired) electrons. The molecule has 10 nitrogen and oxygen atoms in total. The minimum atomic E-state index is -0.557. The number of hydrogen-bond donors (Lipinski definition) is 3. The number of hydrogen-bond acceptors (Lipinski definition) is 8. The highest BCUT2D eigenvalue weighted by Crippen LogP contribution is 2.39. The first-order chi connectivity index (χ1) is 20.1. The summed E-state index contributed by atoms with van der Waals surface area (Å²) in [5.41, 5.74) is 2.52. The van der Waals surface area contributed by atoms with Gasteiger partial charge in [0.25, 0.3) is 0 Å². The average Bonchev–Trinajstić information content (AvgIpc) is 3.80. The van der Waals surface area contributed by atoms with Crippen LogP contribution in [0.2, 0.25) is 0 Å². The molecule has 224 valence electrons. The van der Waals surface area contributed by atoms with E-state index in [2.05, 4.69) is 33.9 Å². The smallest absolute Gasteiger partial charge is 0.246 e. The van der Waals surface area contributed by atoms with E-state index < -0.39 is 6.04 Å². The van der Waals surface area contributed by atoms with Crippen molar-refractivity contribution < 1.29 is 9.59 Å². The van der Waals surface area contributed by atoms with Gasteiger partial charge in [0.1, 0.15) is 11.9 Å². The van der Waals surface area contributed by atoms with Crippen molar-refractivity contribution >= 4 is 29.3 Å². The van der Waals surface area contributed by atoms with E-state index in [0.717, 1.165) is 55.6 Å². The number of amides is 2. The average molecular weight is 573 g/mol. The lowest BCUT2D eigenvalue weighted by atomic mass is 9.76. The fraction of sp³-hybridized carbons (Fsp3) is 0.531. The molecule has 0 spiro atoms. The minimum absolute atomic E-state index is 0.0621. The Morgan fingerprint density at radius 2 is 1.83 bits per heavy atom. The Morgan fingerprint density at radius 1 is 1.10 bits per heavy atom. The van der Waals surface area contributed by atoms with E-state index >= 15 is 0 Å². The second-order valence-electron chi connectivity index (χ2n) is 11.9.